The zero-order valence-electron chi connectivity index (χ0n) is 12.1. The molecule has 1 saturated carbocycles. The molecule has 0 radical (unpaired) electrons. The molecule has 104 valence electrons. The predicted octanol–water partition coefficient (Wildman–Crippen LogP) is 2.57. The number of aromatic hydroxyl groups is 1. The highest BCUT2D eigenvalue weighted by Crippen LogP contribution is 2.62. The van der Waals surface area contributed by atoms with Crippen molar-refractivity contribution in [2.75, 3.05) is 7.11 Å². The smallest absolute Gasteiger partial charge is 0.255 e. The molecule has 0 aromatic heterocycles. The Kier molecular flexibility index (Phi) is 3.00. The van der Waals surface area contributed by atoms with Gasteiger partial charge in [-0.2, -0.15) is 0 Å². The molecule has 1 amide bonds. The summed E-state index contributed by atoms with van der Waals surface area (Å²) in [6.45, 7) is 8.51. The summed E-state index contributed by atoms with van der Waals surface area (Å²) in [5.41, 5.74) is 0.381. The second-order valence-corrected chi connectivity index (χ2v) is 6.23. The first kappa shape index (κ1) is 13.7. The van der Waals surface area contributed by atoms with Gasteiger partial charge >= 0.3 is 0 Å². The summed E-state index contributed by atoms with van der Waals surface area (Å²) in [6, 6.07) is 4.75. The van der Waals surface area contributed by atoms with Crippen molar-refractivity contribution >= 4 is 5.91 Å². The Hall–Kier alpha value is -1.71. The first-order chi connectivity index (χ1) is 8.71. The summed E-state index contributed by atoms with van der Waals surface area (Å²) in [5.74, 6) is 0.256. The van der Waals surface area contributed by atoms with Crippen LogP contribution in [0.4, 0.5) is 0 Å². The van der Waals surface area contributed by atoms with Crippen molar-refractivity contribution in [1.82, 2.24) is 5.32 Å². The van der Waals surface area contributed by atoms with E-state index in [9.17, 15) is 9.90 Å². The molecule has 2 rings (SSSR count). The molecule has 1 aromatic rings. The van der Waals surface area contributed by atoms with E-state index in [0.717, 1.165) is 0 Å². The average molecular weight is 263 g/mol. The minimum Gasteiger partial charge on any atom is -0.507 e. The van der Waals surface area contributed by atoms with E-state index in [0.29, 0.717) is 5.75 Å². The van der Waals surface area contributed by atoms with Crippen molar-refractivity contribution in [2.24, 2.45) is 10.8 Å². The van der Waals surface area contributed by atoms with Crippen LogP contribution in [-0.2, 0) is 0 Å². The maximum absolute atomic E-state index is 12.2. The molecule has 0 unspecified atom stereocenters. The van der Waals surface area contributed by atoms with Gasteiger partial charge in [-0.05, 0) is 29.0 Å². The normalized spacial score (nSPS) is 19.8. The molecule has 0 aliphatic heterocycles. The monoisotopic (exact) mass is 263 g/mol. The number of ether oxygens (including phenoxy) is 1. The van der Waals surface area contributed by atoms with E-state index >= 15 is 0 Å². The number of benzene rings is 1. The fraction of sp³-hybridized carbons (Fsp3) is 0.533. The van der Waals surface area contributed by atoms with Crippen LogP contribution in [0.15, 0.2) is 18.2 Å². The number of rotatable bonds is 3. The van der Waals surface area contributed by atoms with E-state index in [1.54, 1.807) is 12.1 Å². The molecule has 1 aliphatic carbocycles. The molecule has 19 heavy (non-hydrogen) atoms. The lowest BCUT2D eigenvalue weighted by Gasteiger charge is -2.09. The molecular weight excluding hydrogens is 242 g/mol. The number of methoxy groups -OCH3 is 1. The van der Waals surface area contributed by atoms with Gasteiger partial charge in [-0.3, -0.25) is 4.79 Å². The SMILES string of the molecule is COc1ccc(O)c(C(=O)NC2C(C)(C)C2(C)C)c1. The van der Waals surface area contributed by atoms with Crippen molar-refractivity contribution in [1.29, 1.82) is 0 Å². The third-order valence-electron chi connectivity index (χ3n) is 4.74. The molecular formula is C15H21NO3. The van der Waals surface area contributed by atoms with Gasteiger partial charge in [0.2, 0.25) is 0 Å². The van der Waals surface area contributed by atoms with Gasteiger partial charge in [0.15, 0.2) is 0 Å². The van der Waals surface area contributed by atoms with Crippen LogP contribution in [0.3, 0.4) is 0 Å². The molecule has 2 N–H and O–H groups in total. The summed E-state index contributed by atoms with van der Waals surface area (Å²) in [7, 11) is 1.53. The quantitative estimate of drug-likeness (QED) is 0.881. The highest BCUT2D eigenvalue weighted by molar-refractivity contribution is 5.97. The van der Waals surface area contributed by atoms with Crippen molar-refractivity contribution < 1.29 is 14.6 Å². The third-order valence-corrected chi connectivity index (χ3v) is 4.74. The first-order valence-corrected chi connectivity index (χ1v) is 6.39. The van der Waals surface area contributed by atoms with Crippen LogP contribution in [-0.4, -0.2) is 24.2 Å². The van der Waals surface area contributed by atoms with E-state index in [-0.39, 0.29) is 34.1 Å². The van der Waals surface area contributed by atoms with Gasteiger partial charge in [-0.15, -0.1) is 0 Å². The Morgan fingerprint density at radius 1 is 1.26 bits per heavy atom. The van der Waals surface area contributed by atoms with Crippen LogP contribution in [0.5, 0.6) is 11.5 Å². The van der Waals surface area contributed by atoms with Crippen LogP contribution in [0.25, 0.3) is 0 Å². The number of hydrogen-bond donors (Lipinski definition) is 2. The fourth-order valence-electron chi connectivity index (χ4n) is 2.59. The Bertz CT molecular complexity index is 506. The highest BCUT2D eigenvalue weighted by Gasteiger charge is 2.65. The summed E-state index contributed by atoms with van der Waals surface area (Å²) in [6.07, 6.45) is 0. The zero-order valence-corrected chi connectivity index (χ0v) is 12.1. The Morgan fingerprint density at radius 2 is 1.84 bits per heavy atom. The van der Waals surface area contributed by atoms with Gasteiger partial charge < -0.3 is 15.2 Å². The molecule has 1 fully saturated rings. The first-order valence-electron chi connectivity index (χ1n) is 6.39. The van der Waals surface area contributed by atoms with E-state index in [1.165, 1.54) is 13.2 Å². The van der Waals surface area contributed by atoms with Crippen LogP contribution in [0.2, 0.25) is 0 Å². The van der Waals surface area contributed by atoms with Crippen LogP contribution in [0.1, 0.15) is 38.1 Å². The van der Waals surface area contributed by atoms with Gasteiger partial charge in [0.25, 0.3) is 5.91 Å². The maximum atomic E-state index is 12.2. The van der Waals surface area contributed by atoms with Gasteiger partial charge in [0.05, 0.1) is 12.7 Å². The van der Waals surface area contributed by atoms with E-state index < -0.39 is 0 Å². The number of amides is 1. The van der Waals surface area contributed by atoms with Crippen LogP contribution >= 0.6 is 0 Å². The molecule has 1 aromatic carbocycles. The molecule has 0 atom stereocenters. The summed E-state index contributed by atoms with van der Waals surface area (Å²) >= 11 is 0. The average Bonchev–Trinajstić information content (AvgIpc) is 2.72. The third kappa shape index (κ3) is 2.05. The fourth-order valence-corrected chi connectivity index (χ4v) is 2.59. The molecule has 1 aliphatic rings. The molecule has 0 heterocycles. The minimum atomic E-state index is -0.264. The van der Waals surface area contributed by atoms with E-state index in [1.807, 2.05) is 0 Å². The Morgan fingerprint density at radius 3 is 2.32 bits per heavy atom. The van der Waals surface area contributed by atoms with Gasteiger partial charge in [-0.25, -0.2) is 0 Å². The zero-order chi connectivity index (χ0) is 14.4. The molecule has 4 nitrogen and oxygen atoms in total. The molecule has 0 bridgehead atoms. The van der Waals surface area contributed by atoms with Crippen molar-refractivity contribution in [2.45, 2.75) is 33.7 Å². The summed E-state index contributed by atoms with van der Waals surface area (Å²) in [5, 5.41) is 12.8. The maximum Gasteiger partial charge on any atom is 0.255 e. The number of nitrogens with one attached hydrogen (secondary N) is 1. The Balaban J connectivity index is 2.18. The Labute approximate surface area is 113 Å². The molecule has 4 heteroatoms. The number of hydrogen-bond acceptors (Lipinski definition) is 3. The number of phenolic OH excluding ortho intramolecular Hbond substituents is 1. The van der Waals surface area contributed by atoms with Crippen molar-refractivity contribution in [3.8, 4) is 11.5 Å². The standard InChI is InChI=1S/C15H21NO3/c1-14(2)13(15(14,3)4)16-12(18)10-8-9(19-5)6-7-11(10)17/h6-8,13,17H,1-5H3,(H,16,18). The summed E-state index contributed by atoms with van der Waals surface area (Å²) in [4.78, 5) is 12.2. The summed E-state index contributed by atoms with van der Waals surface area (Å²) < 4.78 is 5.07. The van der Waals surface area contributed by atoms with Crippen molar-refractivity contribution in [3.05, 3.63) is 23.8 Å². The highest BCUT2D eigenvalue weighted by atomic mass is 16.5. The second-order valence-electron chi connectivity index (χ2n) is 6.23. The predicted molar refractivity (Wildman–Crippen MR) is 73.5 cm³/mol. The second kappa shape index (κ2) is 4.15. The van der Waals surface area contributed by atoms with Crippen LogP contribution < -0.4 is 10.1 Å². The largest absolute Gasteiger partial charge is 0.507 e. The minimum absolute atomic E-state index is 0.0328. The number of carbonyl (C=O) groups excluding carboxylic acids is 1. The van der Waals surface area contributed by atoms with E-state index in [2.05, 4.69) is 33.0 Å². The van der Waals surface area contributed by atoms with Gasteiger partial charge in [0.1, 0.15) is 11.5 Å². The number of phenols is 1. The lowest BCUT2D eigenvalue weighted by Crippen LogP contribution is -2.29. The van der Waals surface area contributed by atoms with Crippen LogP contribution in [0, 0.1) is 10.8 Å². The lowest BCUT2D eigenvalue weighted by molar-refractivity contribution is 0.0940. The lowest BCUT2D eigenvalue weighted by atomic mass is 10.0. The van der Waals surface area contributed by atoms with Gasteiger partial charge in [-0.1, -0.05) is 27.7 Å². The molecule has 0 spiro atoms. The van der Waals surface area contributed by atoms with E-state index in [4.69, 9.17) is 4.74 Å². The van der Waals surface area contributed by atoms with Crippen molar-refractivity contribution in [3.63, 3.8) is 0 Å². The number of carbonyl (C=O) groups is 1. The molecule has 0 saturated heterocycles. The topological polar surface area (TPSA) is 58.6 Å². The van der Waals surface area contributed by atoms with Gasteiger partial charge in [0, 0.05) is 6.04 Å².